The van der Waals surface area contributed by atoms with E-state index in [2.05, 4.69) is 15.0 Å². The molecule has 0 fully saturated rings. The van der Waals surface area contributed by atoms with Crippen LogP contribution in [0.1, 0.15) is 11.3 Å². The number of hydrogen-bond donors (Lipinski definition) is 1. The van der Waals surface area contributed by atoms with Crippen molar-refractivity contribution in [2.24, 2.45) is 0 Å². The molecular formula is C14H12N2O4. The molecule has 0 saturated carbocycles. The van der Waals surface area contributed by atoms with Crippen LogP contribution in [0.15, 0.2) is 28.9 Å². The summed E-state index contributed by atoms with van der Waals surface area (Å²) in [6, 6.07) is 5.52. The van der Waals surface area contributed by atoms with Gasteiger partial charge in [0.25, 0.3) is 0 Å². The number of carbonyl (C=O) groups excluding carboxylic acids is 2. The second kappa shape index (κ2) is 4.80. The molecule has 20 heavy (non-hydrogen) atoms. The monoisotopic (exact) mass is 272 g/mol. The molecule has 3 rings (SSSR count). The van der Waals surface area contributed by atoms with Crippen LogP contribution in [0.3, 0.4) is 0 Å². The van der Waals surface area contributed by atoms with Gasteiger partial charge in [-0.3, -0.25) is 9.59 Å². The van der Waals surface area contributed by atoms with Gasteiger partial charge in [-0.1, -0.05) is 6.07 Å². The maximum atomic E-state index is 11.3. The summed E-state index contributed by atoms with van der Waals surface area (Å²) in [6.07, 6.45) is 1.90. The van der Waals surface area contributed by atoms with Gasteiger partial charge in [0.1, 0.15) is 6.26 Å². The average molecular weight is 272 g/mol. The number of methoxy groups -OCH3 is 1. The Bertz CT molecular complexity index is 690. The Balaban J connectivity index is 1.85. The summed E-state index contributed by atoms with van der Waals surface area (Å²) < 4.78 is 9.92. The van der Waals surface area contributed by atoms with Crippen molar-refractivity contribution < 1.29 is 18.7 Å². The Kier molecular flexibility index (Phi) is 2.98. The number of rotatable bonds is 3. The molecule has 1 aliphatic heterocycles. The molecular weight excluding hydrogens is 260 g/mol. The van der Waals surface area contributed by atoms with Crippen molar-refractivity contribution in [3.63, 3.8) is 0 Å². The molecule has 0 atom stereocenters. The third-order valence-electron chi connectivity index (χ3n) is 3.09. The summed E-state index contributed by atoms with van der Waals surface area (Å²) >= 11 is 0. The lowest BCUT2D eigenvalue weighted by Gasteiger charge is -2.00. The van der Waals surface area contributed by atoms with Crippen LogP contribution in [0.25, 0.3) is 11.5 Å². The number of nitrogens with one attached hydrogen (secondary N) is 1. The Morgan fingerprint density at radius 3 is 3.15 bits per heavy atom. The second-order valence-corrected chi connectivity index (χ2v) is 4.49. The lowest BCUT2D eigenvalue weighted by atomic mass is 10.1. The molecule has 1 N–H and O–H groups in total. The maximum absolute atomic E-state index is 11.3. The van der Waals surface area contributed by atoms with Gasteiger partial charge in [-0.05, 0) is 17.7 Å². The molecule has 0 aliphatic carbocycles. The first kappa shape index (κ1) is 12.4. The zero-order chi connectivity index (χ0) is 14.1. The number of fused-ring (bicyclic) bond motifs is 1. The topological polar surface area (TPSA) is 81.4 Å². The SMILES string of the molecule is COC(=O)Cc1coc(-c2ccc3c(c2)NC(=O)C3)n1. The fourth-order valence-corrected chi connectivity index (χ4v) is 2.09. The van der Waals surface area contributed by atoms with Crippen LogP contribution in [0.2, 0.25) is 0 Å². The van der Waals surface area contributed by atoms with Gasteiger partial charge in [-0.25, -0.2) is 4.98 Å². The smallest absolute Gasteiger partial charge is 0.311 e. The van der Waals surface area contributed by atoms with E-state index in [-0.39, 0.29) is 18.3 Å². The number of aromatic nitrogens is 1. The lowest BCUT2D eigenvalue weighted by Crippen LogP contribution is -2.04. The summed E-state index contributed by atoms with van der Waals surface area (Å²) in [5, 5.41) is 2.77. The largest absolute Gasteiger partial charge is 0.469 e. The lowest BCUT2D eigenvalue weighted by molar-refractivity contribution is -0.139. The number of amides is 1. The highest BCUT2D eigenvalue weighted by atomic mass is 16.5. The van der Waals surface area contributed by atoms with Crippen LogP contribution < -0.4 is 5.32 Å². The van der Waals surface area contributed by atoms with Crippen LogP contribution in [0.5, 0.6) is 0 Å². The van der Waals surface area contributed by atoms with Gasteiger partial charge < -0.3 is 14.5 Å². The summed E-state index contributed by atoms with van der Waals surface area (Å²) in [6.45, 7) is 0. The molecule has 0 bridgehead atoms. The summed E-state index contributed by atoms with van der Waals surface area (Å²) in [5.41, 5.74) is 3.00. The number of oxazole rings is 1. The number of esters is 1. The van der Waals surface area contributed by atoms with Crippen LogP contribution in [0.4, 0.5) is 5.69 Å². The van der Waals surface area contributed by atoms with Crippen molar-refractivity contribution in [1.82, 2.24) is 4.98 Å². The highest BCUT2D eigenvalue weighted by Crippen LogP contribution is 2.29. The quantitative estimate of drug-likeness (QED) is 0.857. The zero-order valence-electron chi connectivity index (χ0n) is 10.8. The van der Waals surface area contributed by atoms with Gasteiger partial charge in [0, 0.05) is 11.3 Å². The second-order valence-electron chi connectivity index (χ2n) is 4.49. The maximum Gasteiger partial charge on any atom is 0.311 e. The van der Waals surface area contributed by atoms with E-state index in [4.69, 9.17) is 4.42 Å². The van der Waals surface area contributed by atoms with Crippen molar-refractivity contribution in [2.75, 3.05) is 12.4 Å². The van der Waals surface area contributed by atoms with Gasteiger partial charge >= 0.3 is 5.97 Å². The molecule has 1 aromatic carbocycles. The average Bonchev–Trinajstić information content (AvgIpc) is 3.02. The highest BCUT2D eigenvalue weighted by Gasteiger charge is 2.19. The van der Waals surface area contributed by atoms with E-state index in [1.807, 2.05) is 18.2 Å². The molecule has 2 heterocycles. The van der Waals surface area contributed by atoms with Gasteiger partial charge in [0.05, 0.1) is 25.6 Å². The Labute approximate surface area is 114 Å². The van der Waals surface area contributed by atoms with E-state index in [9.17, 15) is 9.59 Å². The summed E-state index contributed by atoms with van der Waals surface area (Å²) in [5.74, 6) is 0.0230. The van der Waals surface area contributed by atoms with E-state index >= 15 is 0 Å². The first-order valence-electron chi connectivity index (χ1n) is 6.10. The normalized spacial score (nSPS) is 12.9. The van der Waals surface area contributed by atoms with E-state index in [0.717, 1.165) is 16.8 Å². The minimum absolute atomic E-state index is 0.0177. The van der Waals surface area contributed by atoms with Crippen molar-refractivity contribution in [1.29, 1.82) is 0 Å². The molecule has 0 unspecified atom stereocenters. The number of nitrogens with zero attached hydrogens (tertiary/aromatic N) is 1. The number of ether oxygens (including phenoxy) is 1. The Hall–Kier alpha value is -2.63. The van der Waals surface area contributed by atoms with Crippen molar-refractivity contribution in [3.05, 3.63) is 35.7 Å². The minimum atomic E-state index is -0.369. The van der Waals surface area contributed by atoms with E-state index in [1.165, 1.54) is 13.4 Å². The van der Waals surface area contributed by atoms with E-state index < -0.39 is 0 Å². The predicted molar refractivity (Wildman–Crippen MR) is 70.0 cm³/mol. The first-order chi connectivity index (χ1) is 9.65. The van der Waals surface area contributed by atoms with Crippen molar-refractivity contribution in [3.8, 4) is 11.5 Å². The Morgan fingerprint density at radius 1 is 1.50 bits per heavy atom. The number of hydrogen-bond acceptors (Lipinski definition) is 5. The van der Waals surface area contributed by atoms with Crippen molar-refractivity contribution in [2.45, 2.75) is 12.8 Å². The molecule has 102 valence electrons. The Morgan fingerprint density at radius 2 is 2.35 bits per heavy atom. The fraction of sp³-hybridized carbons (Fsp3) is 0.214. The highest BCUT2D eigenvalue weighted by molar-refractivity contribution is 5.99. The minimum Gasteiger partial charge on any atom is -0.469 e. The molecule has 0 radical (unpaired) electrons. The van der Waals surface area contributed by atoms with Crippen LogP contribution in [0, 0.1) is 0 Å². The molecule has 0 spiro atoms. The molecule has 6 heteroatoms. The third-order valence-corrected chi connectivity index (χ3v) is 3.09. The molecule has 2 aromatic rings. The van der Waals surface area contributed by atoms with Gasteiger partial charge in [0.15, 0.2) is 0 Å². The molecule has 0 saturated heterocycles. The standard InChI is InChI=1S/C14H12N2O4/c1-19-13(18)6-10-7-20-14(15-10)9-3-2-8-5-12(17)16-11(8)4-9/h2-4,7H,5-6H2,1H3,(H,16,17). The van der Waals surface area contributed by atoms with E-state index in [1.54, 1.807) is 0 Å². The number of carbonyl (C=O) groups is 2. The van der Waals surface area contributed by atoms with Gasteiger partial charge in [0.2, 0.25) is 11.8 Å². The molecule has 1 aliphatic rings. The third kappa shape index (κ3) is 2.27. The van der Waals surface area contributed by atoms with Crippen LogP contribution >= 0.6 is 0 Å². The molecule has 1 amide bonds. The first-order valence-corrected chi connectivity index (χ1v) is 6.10. The van der Waals surface area contributed by atoms with E-state index in [0.29, 0.717) is 18.0 Å². The van der Waals surface area contributed by atoms with Gasteiger partial charge in [-0.2, -0.15) is 0 Å². The number of benzene rings is 1. The number of anilines is 1. The predicted octanol–water partition coefficient (Wildman–Crippen LogP) is 1.55. The summed E-state index contributed by atoms with van der Waals surface area (Å²) in [7, 11) is 1.33. The van der Waals surface area contributed by atoms with Crippen molar-refractivity contribution >= 4 is 17.6 Å². The van der Waals surface area contributed by atoms with Crippen LogP contribution in [-0.4, -0.2) is 24.0 Å². The molecule has 6 nitrogen and oxygen atoms in total. The zero-order valence-corrected chi connectivity index (χ0v) is 10.8. The molecule has 1 aromatic heterocycles. The summed E-state index contributed by atoms with van der Waals surface area (Å²) in [4.78, 5) is 26.7. The fourth-order valence-electron chi connectivity index (χ4n) is 2.09. The van der Waals surface area contributed by atoms with Gasteiger partial charge in [-0.15, -0.1) is 0 Å². The van der Waals surface area contributed by atoms with Crippen LogP contribution in [-0.2, 0) is 27.2 Å².